The number of Topliss-reactive ketones (excluding diaryl/α,β-unsaturated/α-hetero) is 1. The van der Waals surface area contributed by atoms with E-state index in [1.54, 1.807) is 48.8 Å². The normalized spacial score (nSPS) is 17.6. The van der Waals surface area contributed by atoms with Crippen LogP contribution in [0.2, 0.25) is 0 Å². The largest absolute Gasteiger partial charge is 0.507 e. The number of benzene rings is 2. The highest BCUT2D eigenvalue weighted by Crippen LogP contribution is 2.42. The molecule has 6 heteroatoms. The summed E-state index contributed by atoms with van der Waals surface area (Å²) in [6.07, 6.45) is 3.21. The predicted molar refractivity (Wildman–Crippen MR) is 127 cm³/mol. The van der Waals surface area contributed by atoms with Crippen LogP contribution in [0.25, 0.3) is 5.76 Å². The first-order chi connectivity index (χ1) is 15.9. The van der Waals surface area contributed by atoms with Gasteiger partial charge in [0.2, 0.25) is 0 Å². The Morgan fingerprint density at radius 3 is 2.21 bits per heavy atom. The number of pyridine rings is 1. The van der Waals surface area contributed by atoms with Crippen LogP contribution in [0, 0.1) is 0 Å². The summed E-state index contributed by atoms with van der Waals surface area (Å²) in [6.45, 7) is 6.59. The zero-order valence-electron chi connectivity index (χ0n) is 18.9. The molecule has 6 nitrogen and oxygen atoms in total. The summed E-state index contributed by atoms with van der Waals surface area (Å²) >= 11 is 0. The number of hydrogen-bond acceptors (Lipinski definition) is 5. The smallest absolute Gasteiger partial charge is 0.300 e. The molecule has 168 valence electrons. The number of ether oxygens (including phenoxy) is 1. The summed E-state index contributed by atoms with van der Waals surface area (Å²) in [7, 11) is 0. The zero-order chi connectivity index (χ0) is 23.5. The van der Waals surface area contributed by atoms with Crippen LogP contribution in [0.4, 0.5) is 5.69 Å². The maximum atomic E-state index is 13.2. The number of carbonyl (C=O) groups is 2. The molecule has 4 rings (SSSR count). The molecule has 1 aliphatic rings. The van der Waals surface area contributed by atoms with E-state index in [0.717, 1.165) is 5.56 Å². The lowest BCUT2D eigenvalue weighted by molar-refractivity contribution is -0.132. The van der Waals surface area contributed by atoms with E-state index in [2.05, 4.69) is 18.8 Å². The molecule has 0 radical (unpaired) electrons. The first-order valence-corrected chi connectivity index (χ1v) is 11.0. The van der Waals surface area contributed by atoms with E-state index in [4.69, 9.17) is 4.74 Å². The van der Waals surface area contributed by atoms with Gasteiger partial charge in [0.05, 0.1) is 18.2 Å². The molecule has 0 saturated carbocycles. The minimum atomic E-state index is -0.774. The SMILES string of the molecule is CCOc1ccc(/C(O)=C2\C(=O)C(=O)N(c3ccc(C(C)C)cc3)C2c2ccncc2)cc1. The van der Waals surface area contributed by atoms with Crippen molar-refractivity contribution >= 4 is 23.1 Å². The molecule has 1 atom stereocenters. The lowest BCUT2D eigenvalue weighted by Crippen LogP contribution is -2.29. The molecule has 33 heavy (non-hydrogen) atoms. The quantitative estimate of drug-likeness (QED) is 0.321. The van der Waals surface area contributed by atoms with Gasteiger partial charge in [-0.1, -0.05) is 26.0 Å². The third kappa shape index (κ3) is 4.24. The first kappa shape index (κ1) is 22.3. The second-order valence-corrected chi connectivity index (χ2v) is 8.15. The van der Waals surface area contributed by atoms with Gasteiger partial charge in [0, 0.05) is 23.6 Å². The molecule has 1 aromatic heterocycles. The van der Waals surface area contributed by atoms with Gasteiger partial charge in [-0.25, -0.2) is 0 Å². The van der Waals surface area contributed by atoms with Crippen LogP contribution in [0.3, 0.4) is 0 Å². The molecule has 1 unspecified atom stereocenters. The van der Waals surface area contributed by atoms with Crippen molar-refractivity contribution in [2.24, 2.45) is 0 Å². The third-order valence-corrected chi connectivity index (χ3v) is 5.74. The van der Waals surface area contributed by atoms with E-state index in [9.17, 15) is 14.7 Å². The fraction of sp³-hybridized carbons (Fsp3) is 0.222. The van der Waals surface area contributed by atoms with Crippen molar-refractivity contribution in [2.75, 3.05) is 11.5 Å². The molecule has 3 aromatic rings. The molecule has 2 heterocycles. The van der Waals surface area contributed by atoms with Gasteiger partial charge in [-0.3, -0.25) is 19.5 Å². The van der Waals surface area contributed by atoms with Crippen molar-refractivity contribution in [1.29, 1.82) is 0 Å². The summed E-state index contributed by atoms with van der Waals surface area (Å²) in [6, 6.07) is 17.1. The number of carbonyl (C=O) groups excluding carboxylic acids is 2. The van der Waals surface area contributed by atoms with Crippen molar-refractivity contribution in [1.82, 2.24) is 4.98 Å². The molecule has 1 N–H and O–H groups in total. The van der Waals surface area contributed by atoms with Gasteiger partial charge in [-0.2, -0.15) is 0 Å². The van der Waals surface area contributed by atoms with Crippen LogP contribution in [-0.2, 0) is 9.59 Å². The topological polar surface area (TPSA) is 79.7 Å². The second kappa shape index (κ2) is 9.28. The standard InChI is InChI=1S/C27H26N2O4/c1-4-33-22-11-7-20(8-12-22)25(30)23-24(19-13-15-28-16-14-19)29(27(32)26(23)31)21-9-5-18(6-10-21)17(2)3/h5-17,24,30H,4H2,1-3H3/b25-23+. The second-order valence-electron chi connectivity index (χ2n) is 8.15. The molecular weight excluding hydrogens is 416 g/mol. The monoisotopic (exact) mass is 442 g/mol. The number of nitrogens with zero attached hydrogens (tertiary/aromatic N) is 2. The average molecular weight is 443 g/mol. The van der Waals surface area contributed by atoms with Crippen LogP contribution in [-0.4, -0.2) is 28.4 Å². The zero-order valence-corrected chi connectivity index (χ0v) is 18.9. The molecular formula is C27H26N2O4. The lowest BCUT2D eigenvalue weighted by Gasteiger charge is -2.25. The van der Waals surface area contributed by atoms with E-state index in [1.807, 2.05) is 31.2 Å². The molecule has 1 saturated heterocycles. The Balaban J connectivity index is 1.84. The first-order valence-electron chi connectivity index (χ1n) is 11.0. The molecule has 0 spiro atoms. The Bertz CT molecular complexity index is 1180. The summed E-state index contributed by atoms with van der Waals surface area (Å²) in [5.41, 5.74) is 2.89. The fourth-order valence-electron chi connectivity index (χ4n) is 4.01. The highest BCUT2D eigenvalue weighted by Gasteiger charge is 2.46. The minimum Gasteiger partial charge on any atom is -0.507 e. The molecule has 2 aromatic carbocycles. The van der Waals surface area contributed by atoms with Crippen molar-refractivity contribution in [3.05, 3.63) is 95.3 Å². The molecule has 1 fully saturated rings. The van der Waals surface area contributed by atoms with E-state index in [-0.39, 0.29) is 11.3 Å². The average Bonchev–Trinajstić information content (AvgIpc) is 3.10. The number of aliphatic hydroxyl groups excluding tert-OH is 1. The van der Waals surface area contributed by atoms with Crippen LogP contribution in [0.5, 0.6) is 5.75 Å². The molecule has 0 aliphatic carbocycles. The van der Waals surface area contributed by atoms with E-state index in [1.165, 1.54) is 4.90 Å². The van der Waals surface area contributed by atoms with Gasteiger partial charge < -0.3 is 9.84 Å². The van der Waals surface area contributed by atoms with Crippen molar-refractivity contribution < 1.29 is 19.4 Å². The van der Waals surface area contributed by atoms with Crippen LogP contribution in [0.15, 0.2) is 78.6 Å². The summed E-state index contributed by atoms with van der Waals surface area (Å²) < 4.78 is 5.46. The minimum absolute atomic E-state index is 0.0447. The maximum Gasteiger partial charge on any atom is 0.300 e. The highest BCUT2D eigenvalue weighted by atomic mass is 16.5. The maximum absolute atomic E-state index is 13.2. The Labute approximate surface area is 193 Å². The van der Waals surface area contributed by atoms with Crippen LogP contribution in [0.1, 0.15) is 49.4 Å². The predicted octanol–water partition coefficient (Wildman–Crippen LogP) is 5.23. The Kier molecular flexibility index (Phi) is 6.27. The van der Waals surface area contributed by atoms with Gasteiger partial charge in [-0.15, -0.1) is 0 Å². The molecule has 0 bridgehead atoms. The Morgan fingerprint density at radius 1 is 1.00 bits per heavy atom. The number of aliphatic hydroxyl groups is 1. The van der Waals surface area contributed by atoms with E-state index in [0.29, 0.717) is 35.1 Å². The fourth-order valence-corrected chi connectivity index (χ4v) is 4.01. The van der Waals surface area contributed by atoms with Gasteiger partial charge in [0.1, 0.15) is 11.5 Å². The van der Waals surface area contributed by atoms with Gasteiger partial charge >= 0.3 is 0 Å². The third-order valence-electron chi connectivity index (χ3n) is 5.74. The van der Waals surface area contributed by atoms with Gasteiger partial charge in [0.15, 0.2) is 0 Å². The summed E-state index contributed by atoms with van der Waals surface area (Å²) in [5.74, 6) is -0.632. The van der Waals surface area contributed by atoms with E-state index >= 15 is 0 Å². The summed E-state index contributed by atoms with van der Waals surface area (Å²) in [5, 5.41) is 11.2. The van der Waals surface area contributed by atoms with Crippen molar-refractivity contribution in [2.45, 2.75) is 32.7 Å². The van der Waals surface area contributed by atoms with E-state index < -0.39 is 17.7 Å². The number of amides is 1. The number of anilines is 1. The number of aromatic nitrogens is 1. The highest BCUT2D eigenvalue weighted by molar-refractivity contribution is 6.51. The van der Waals surface area contributed by atoms with Gasteiger partial charge in [0.25, 0.3) is 11.7 Å². The van der Waals surface area contributed by atoms with Crippen molar-refractivity contribution in [3.63, 3.8) is 0 Å². The van der Waals surface area contributed by atoms with Crippen molar-refractivity contribution in [3.8, 4) is 5.75 Å². The summed E-state index contributed by atoms with van der Waals surface area (Å²) in [4.78, 5) is 31.9. The Morgan fingerprint density at radius 2 is 1.64 bits per heavy atom. The number of hydrogen-bond donors (Lipinski definition) is 1. The van der Waals surface area contributed by atoms with Crippen LogP contribution < -0.4 is 9.64 Å². The van der Waals surface area contributed by atoms with Crippen LogP contribution >= 0.6 is 0 Å². The molecule has 1 aliphatic heterocycles. The number of rotatable bonds is 6. The Hall–Kier alpha value is -3.93. The van der Waals surface area contributed by atoms with Gasteiger partial charge in [-0.05, 0) is 72.5 Å². The molecule has 1 amide bonds. The lowest BCUT2D eigenvalue weighted by atomic mass is 9.95. The number of ketones is 1.